The Balaban J connectivity index is 2.50. The van der Waals surface area contributed by atoms with E-state index in [4.69, 9.17) is 0 Å². The number of pyridine rings is 1. The molecular formula is C12H14N2O2. The Morgan fingerprint density at radius 2 is 2.38 bits per heavy atom. The predicted octanol–water partition coefficient (Wildman–Crippen LogP) is 0.981. The van der Waals surface area contributed by atoms with Gasteiger partial charge < -0.3 is 10.1 Å². The zero-order valence-electron chi connectivity index (χ0n) is 9.41. The van der Waals surface area contributed by atoms with Gasteiger partial charge in [-0.3, -0.25) is 4.98 Å². The molecule has 1 aromatic heterocycles. The summed E-state index contributed by atoms with van der Waals surface area (Å²) in [5, 5.41) is 3.11. The van der Waals surface area contributed by atoms with Gasteiger partial charge >= 0.3 is 5.97 Å². The number of nitrogens with zero attached hydrogens (tertiary/aromatic N) is 1. The minimum absolute atomic E-state index is 0.371. The summed E-state index contributed by atoms with van der Waals surface area (Å²) >= 11 is 0. The molecule has 0 aliphatic carbocycles. The second-order valence-electron chi connectivity index (χ2n) is 3.06. The van der Waals surface area contributed by atoms with Crippen LogP contribution in [0.5, 0.6) is 0 Å². The fourth-order valence-corrected chi connectivity index (χ4v) is 1.11. The van der Waals surface area contributed by atoms with E-state index in [-0.39, 0.29) is 5.97 Å². The van der Waals surface area contributed by atoms with E-state index in [1.807, 2.05) is 0 Å². The van der Waals surface area contributed by atoms with Crippen LogP contribution in [0.25, 0.3) is 0 Å². The average Bonchev–Trinajstić information content (AvgIpc) is 2.34. The smallest absolute Gasteiger partial charge is 0.339 e. The number of aromatic nitrogens is 1. The van der Waals surface area contributed by atoms with Crippen LogP contribution in [0.4, 0.5) is 0 Å². The molecule has 0 aliphatic heterocycles. The van der Waals surface area contributed by atoms with Crippen molar-refractivity contribution in [2.24, 2.45) is 0 Å². The van der Waals surface area contributed by atoms with E-state index in [0.29, 0.717) is 18.7 Å². The molecule has 4 heteroatoms. The van der Waals surface area contributed by atoms with E-state index in [1.165, 1.54) is 13.3 Å². The molecule has 84 valence electrons. The Labute approximate surface area is 95.0 Å². The third-order valence-corrected chi connectivity index (χ3v) is 1.94. The number of methoxy groups -OCH3 is 1. The maximum atomic E-state index is 11.1. The van der Waals surface area contributed by atoms with E-state index < -0.39 is 0 Å². The molecule has 0 unspecified atom stereocenters. The Bertz CT molecular complexity index is 401. The second kappa shape index (κ2) is 6.59. The minimum Gasteiger partial charge on any atom is -0.465 e. The first-order chi connectivity index (χ1) is 7.77. The number of hydrogen-bond acceptors (Lipinski definition) is 4. The molecule has 1 rings (SSSR count). The Morgan fingerprint density at radius 1 is 1.56 bits per heavy atom. The van der Waals surface area contributed by atoms with E-state index >= 15 is 0 Å². The number of rotatable bonds is 4. The van der Waals surface area contributed by atoms with E-state index in [2.05, 4.69) is 26.9 Å². The maximum Gasteiger partial charge on any atom is 0.339 e. The molecule has 16 heavy (non-hydrogen) atoms. The van der Waals surface area contributed by atoms with Gasteiger partial charge in [-0.25, -0.2) is 4.79 Å². The summed E-state index contributed by atoms with van der Waals surface area (Å²) in [4.78, 5) is 15.3. The number of carbonyl (C=O) groups excluding carboxylic acids is 1. The lowest BCUT2D eigenvalue weighted by molar-refractivity contribution is 0.0600. The van der Waals surface area contributed by atoms with Gasteiger partial charge in [-0.2, -0.15) is 0 Å². The minimum atomic E-state index is -0.371. The predicted molar refractivity (Wildman–Crippen MR) is 60.7 cm³/mol. The molecule has 0 amide bonds. The van der Waals surface area contributed by atoms with Crippen molar-refractivity contribution in [1.29, 1.82) is 0 Å². The summed E-state index contributed by atoms with van der Waals surface area (Å²) in [6.45, 7) is 3.07. The van der Waals surface area contributed by atoms with Crippen LogP contribution >= 0.6 is 0 Å². The van der Waals surface area contributed by atoms with Crippen molar-refractivity contribution in [3.05, 3.63) is 29.6 Å². The van der Waals surface area contributed by atoms with Gasteiger partial charge in [0, 0.05) is 12.7 Å². The van der Waals surface area contributed by atoms with Crippen molar-refractivity contribution in [2.75, 3.05) is 13.7 Å². The van der Waals surface area contributed by atoms with Crippen LogP contribution in [0.15, 0.2) is 18.3 Å². The standard InChI is InChI=1S/C12H14N2O2/c1-3-4-7-13-9-11-6-5-10(8-14-11)12(15)16-2/h5-6,8,13H,7,9H2,1-2H3. The zero-order chi connectivity index (χ0) is 11.8. The van der Waals surface area contributed by atoms with Crippen molar-refractivity contribution in [2.45, 2.75) is 13.5 Å². The van der Waals surface area contributed by atoms with Gasteiger partial charge in [-0.1, -0.05) is 5.92 Å². The number of nitrogens with one attached hydrogen (secondary N) is 1. The monoisotopic (exact) mass is 218 g/mol. The summed E-state index contributed by atoms with van der Waals surface area (Å²) in [5.41, 5.74) is 1.32. The average molecular weight is 218 g/mol. The molecule has 0 saturated carbocycles. The zero-order valence-corrected chi connectivity index (χ0v) is 9.41. The first kappa shape index (κ1) is 12.2. The van der Waals surface area contributed by atoms with Crippen LogP contribution in [-0.4, -0.2) is 24.6 Å². The van der Waals surface area contributed by atoms with Crippen LogP contribution in [-0.2, 0) is 11.3 Å². The van der Waals surface area contributed by atoms with Crippen LogP contribution in [0, 0.1) is 11.8 Å². The van der Waals surface area contributed by atoms with Gasteiger partial charge in [0.25, 0.3) is 0 Å². The highest BCUT2D eigenvalue weighted by atomic mass is 16.5. The Morgan fingerprint density at radius 3 is 2.94 bits per heavy atom. The highest BCUT2D eigenvalue weighted by Crippen LogP contribution is 2.01. The Kier molecular flexibility index (Phi) is 5.03. The summed E-state index contributed by atoms with van der Waals surface area (Å²) in [6.07, 6.45) is 1.51. The fourth-order valence-electron chi connectivity index (χ4n) is 1.11. The van der Waals surface area contributed by atoms with Crippen LogP contribution in [0.1, 0.15) is 23.0 Å². The Hall–Kier alpha value is -1.86. The summed E-state index contributed by atoms with van der Waals surface area (Å²) < 4.78 is 4.58. The molecule has 1 N–H and O–H groups in total. The molecule has 0 aliphatic rings. The van der Waals surface area contributed by atoms with Gasteiger partial charge in [-0.15, -0.1) is 5.92 Å². The molecule has 0 aromatic carbocycles. The highest BCUT2D eigenvalue weighted by Gasteiger charge is 2.04. The topological polar surface area (TPSA) is 51.2 Å². The lowest BCUT2D eigenvalue weighted by atomic mass is 10.2. The number of ether oxygens (including phenoxy) is 1. The van der Waals surface area contributed by atoms with E-state index in [9.17, 15) is 4.79 Å². The van der Waals surface area contributed by atoms with E-state index in [1.54, 1.807) is 19.1 Å². The molecular weight excluding hydrogens is 204 g/mol. The third-order valence-electron chi connectivity index (χ3n) is 1.94. The quantitative estimate of drug-likeness (QED) is 0.465. The SMILES string of the molecule is CC#CCNCc1ccc(C(=O)OC)cn1. The molecule has 0 spiro atoms. The third kappa shape index (κ3) is 3.71. The number of hydrogen-bond donors (Lipinski definition) is 1. The maximum absolute atomic E-state index is 11.1. The second-order valence-corrected chi connectivity index (χ2v) is 3.06. The molecule has 1 aromatic rings. The highest BCUT2D eigenvalue weighted by molar-refractivity contribution is 5.88. The van der Waals surface area contributed by atoms with Crippen molar-refractivity contribution < 1.29 is 9.53 Å². The molecule has 0 radical (unpaired) electrons. The molecule has 0 bridgehead atoms. The van der Waals surface area contributed by atoms with Crippen LogP contribution in [0.2, 0.25) is 0 Å². The number of carbonyl (C=O) groups is 1. The van der Waals surface area contributed by atoms with E-state index in [0.717, 1.165) is 5.69 Å². The van der Waals surface area contributed by atoms with Crippen molar-refractivity contribution >= 4 is 5.97 Å². The van der Waals surface area contributed by atoms with Gasteiger partial charge in [0.1, 0.15) is 0 Å². The number of esters is 1. The van der Waals surface area contributed by atoms with Crippen molar-refractivity contribution in [3.63, 3.8) is 0 Å². The van der Waals surface area contributed by atoms with Gasteiger partial charge in [-0.05, 0) is 19.1 Å². The first-order valence-electron chi connectivity index (χ1n) is 4.91. The summed E-state index contributed by atoms with van der Waals surface area (Å²) in [6, 6.07) is 3.49. The fraction of sp³-hybridized carbons (Fsp3) is 0.333. The normalized spacial score (nSPS) is 9.12. The molecule has 0 fully saturated rings. The largest absolute Gasteiger partial charge is 0.465 e. The van der Waals surface area contributed by atoms with Gasteiger partial charge in [0.15, 0.2) is 0 Å². The lowest BCUT2D eigenvalue weighted by Crippen LogP contribution is -2.14. The molecule has 0 saturated heterocycles. The van der Waals surface area contributed by atoms with Crippen LogP contribution in [0.3, 0.4) is 0 Å². The molecule has 4 nitrogen and oxygen atoms in total. The lowest BCUT2D eigenvalue weighted by Gasteiger charge is -2.02. The van der Waals surface area contributed by atoms with Crippen molar-refractivity contribution in [1.82, 2.24) is 10.3 Å². The summed E-state index contributed by atoms with van der Waals surface area (Å²) in [7, 11) is 1.35. The molecule has 0 atom stereocenters. The van der Waals surface area contributed by atoms with Crippen LogP contribution < -0.4 is 5.32 Å². The molecule has 1 heterocycles. The van der Waals surface area contributed by atoms with Gasteiger partial charge in [0.05, 0.1) is 24.9 Å². The first-order valence-corrected chi connectivity index (χ1v) is 4.91. The van der Waals surface area contributed by atoms with Crippen molar-refractivity contribution in [3.8, 4) is 11.8 Å². The summed E-state index contributed by atoms with van der Waals surface area (Å²) in [5.74, 6) is 5.31. The van der Waals surface area contributed by atoms with Gasteiger partial charge in [0.2, 0.25) is 0 Å².